The Morgan fingerprint density at radius 3 is 2.14 bits per heavy atom. The standard InChI is InChI=1S/C28H24N4O4.ClH/c33-25(17-31-26(34)19-9-1-2-10-20(19)27(31)35)32-22-14-7-11-21(22)28(36)30(16-18-8-5-6-15-29-18)23-12-3-4-13-24(23)32;/h1-6,8-10,12-13,15,21-22H,7,11,14,16-17H2;1H. The zero-order chi connectivity index (χ0) is 24.8. The summed E-state index contributed by atoms with van der Waals surface area (Å²) < 4.78 is 0. The Bertz CT molecular complexity index is 1360. The van der Waals surface area contributed by atoms with E-state index < -0.39 is 11.8 Å². The number of amides is 4. The van der Waals surface area contributed by atoms with Crippen LogP contribution in [0.4, 0.5) is 11.4 Å². The second-order valence-corrected chi connectivity index (χ2v) is 9.34. The largest absolute Gasteiger partial charge is 0.305 e. The molecule has 0 bridgehead atoms. The molecule has 0 spiro atoms. The summed E-state index contributed by atoms with van der Waals surface area (Å²) in [7, 11) is 0. The van der Waals surface area contributed by atoms with Crippen molar-refractivity contribution in [2.45, 2.75) is 31.8 Å². The molecule has 0 radical (unpaired) electrons. The van der Waals surface area contributed by atoms with E-state index in [1.807, 2.05) is 42.5 Å². The van der Waals surface area contributed by atoms with Crippen LogP contribution >= 0.6 is 12.4 Å². The first-order valence-corrected chi connectivity index (χ1v) is 12.1. The Morgan fingerprint density at radius 1 is 0.811 bits per heavy atom. The number of hydrogen-bond acceptors (Lipinski definition) is 5. The van der Waals surface area contributed by atoms with Crippen LogP contribution in [0.15, 0.2) is 72.9 Å². The van der Waals surface area contributed by atoms with Crippen molar-refractivity contribution in [3.63, 3.8) is 0 Å². The lowest BCUT2D eigenvalue weighted by Gasteiger charge is -2.31. The number of carbonyl (C=O) groups excluding carboxylic acids is 4. The lowest BCUT2D eigenvalue weighted by molar-refractivity contribution is -0.123. The molecule has 1 saturated carbocycles. The number of imide groups is 1. The minimum absolute atomic E-state index is 0. The molecule has 4 amide bonds. The van der Waals surface area contributed by atoms with Crippen molar-refractivity contribution in [1.82, 2.24) is 9.88 Å². The van der Waals surface area contributed by atoms with Gasteiger partial charge in [-0.3, -0.25) is 29.1 Å². The Kier molecular flexibility index (Phi) is 6.52. The molecule has 37 heavy (non-hydrogen) atoms. The lowest BCUT2D eigenvalue weighted by atomic mass is 10.0. The highest BCUT2D eigenvalue weighted by molar-refractivity contribution is 6.23. The first-order chi connectivity index (χ1) is 17.5. The van der Waals surface area contributed by atoms with E-state index in [2.05, 4.69) is 4.98 Å². The van der Waals surface area contributed by atoms with E-state index in [0.717, 1.165) is 17.0 Å². The molecule has 188 valence electrons. The van der Waals surface area contributed by atoms with E-state index in [1.165, 1.54) is 0 Å². The molecule has 6 rings (SSSR count). The van der Waals surface area contributed by atoms with Gasteiger partial charge in [0.05, 0.1) is 40.7 Å². The van der Waals surface area contributed by atoms with Gasteiger partial charge in [-0.25, -0.2) is 0 Å². The summed E-state index contributed by atoms with van der Waals surface area (Å²) in [6.45, 7) is -0.0846. The summed E-state index contributed by atoms with van der Waals surface area (Å²) in [5.74, 6) is -1.72. The fourth-order valence-corrected chi connectivity index (χ4v) is 5.66. The zero-order valence-corrected chi connectivity index (χ0v) is 20.8. The number of carbonyl (C=O) groups is 4. The fourth-order valence-electron chi connectivity index (χ4n) is 5.66. The van der Waals surface area contributed by atoms with Crippen molar-refractivity contribution in [3.8, 4) is 0 Å². The van der Waals surface area contributed by atoms with Gasteiger partial charge in [0.1, 0.15) is 6.54 Å². The first kappa shape index (κ1) is 24.6. The number of benzene rings is 2. The SMILES string of the molecule is Cl.O=C1c2ccccc2C(=O)N1CC(=O)N1c2ccccc2N(Cc2ccccn2)C(=O)C2CCCC21. The summed E-state index contributed by atoms with van der Waals surface area (Å²) >= 11 is 0. The Balaban J connectivity index is 0.00000280. The van der Waals surface area contributed by atoms with Gasteiger partial charge in [-0.2, -0.15) is 0 Å². The summed E-state index contributed by atoms with van der Waals surface area (Å²) in [5.41, 5.74) is 2.60. The van der Waals surface area contributed by atoms with E-state index in [1.54, 1.807) is 40.3 Å². The number of nitrogens with zero attached hydrogens (tertiary/aromatic N) is 4. The molecule has 1 aromatic heterocycles. The molecular formula is C28H25ClN4O4. The Hall–Kier alpha value is -4.04. The Labute approximate surface area is 220 Å². The fraction of sp³-hybridized carbons (Fsp3) is 0.250. The third-order valence-corrected chi connectivity index (χ3v) is 7.31. The number of fused-ring (bicyclic) bond motifs is 3. The van der Waals surface area contributed by atoms with Crippen molar-refractivity contribution in [2.24, 2.45) is 5.92 Å². The van der Waals surface area contributed by atoms with E-state index in [4.69, 9.17) is 0 Å². The predicted molar refractivity (Wildman–Crippen MR) is 140 cm³/mol. The van der Waals surface area contributed by atoms with Gasteiger partial charge >= 0.3 is 0 Å². The summed E-state index contributed by atoms with van der Waals surface area (Å²) in [5, 5.41) is 0. The number of aromatic nitrogens is 1. The van der Waals surface area contributed by atoms with Gasteiger partial charge in [-0.1, -0.05) is 36.8 Å². The zero-order valence-electron chi connectivity index (χ0n) is 19.9. The average Bonchev–Trinajstić information content (AvgIpc) is 3.45. The number of rotatable bonds is 4. The molecule has 0 saturated heterocycles. The lowest BCUT2D eigenvalue weighted by Crippen LogP contribution is -2.49. The van der Waals surface area contributed by atoms with Crippen molar-refractivity contribution < 1.29 is 19.2 Å². The van der Waals surface area contributed by atoms with Gasteiger partial charge in [0.15, 0.2) is 0 Å². The molecule has 1 aliphatic carbocycles. The summed E-state index contributed by atoms with van der Waals surface area (Å²) in [6, 6.07) is 19.2. The maximum absolute atomic E-state index is 13.9. The highest BCUT2D eigenvalue weighted by atomic mass is 35.5. The molecule has 2 unspecified atom stereocenters. The minimum Gasteiger partial charge on any atom is -0.305 e. The van der Waals surface area contributed by atoms with Gasteiger partial charge in [-0.05, 0) is 49.2 Å². The van der Waals surface area contributed by atoms with Crippen LogP contribution in [-0.2, 0) is 16.1 Å². The number of para-hydroxylation sites is 2. The van der Waals surface area contributed by atoms with Crippen LogP contribution in [0.2, 0.25) is 0 Å². The van der Waals surface area contributed by atoms with E-state index >= 15 is 0 Å². The predicted octanol–water partition coefficient (Wildman–Crippen LogP) is 3.85. The number of hydrogen-bond donors (Lipinski definition) is 0. The van der Waals surface area contributed by atoms with Gasteiger partial charge in [-0.15, -0.1) is 12.4 Å². The molecular weight excluding hydrogens is 492 g/mol. The monoisotopic (exact) mass is 516 g/mol. The third kappa shape index (κ3) is 4.07. The summed E-state index contributed by atoms with van der Waals surface area (Å²) in [4.78, 5) is 62.3. The van der Waals surface area contributed by atoms with Gasteiger partial charge in [0.25, 0.3) is 11.8 Å². The van der Waals surface area contributed by atoms with Crippen LogP contribution in [-0.4, -0.2) is 46.1 Å². The molecule has 9 heteroatoms. The Morgan fingerprint density at radius 2 is 1.46 bits per heavy atom. The van der Waals surface area contributed by atoms with Gasteiger partial charge in [0.2, 0.25) is 11.8 Å². The van der Waals surface area contributed by atoms with Gasteiger partial charge in [0, 0.05) is 12.2 Å². The van der Waals surface area contributed by atoms with Crippen LogP contribution in [0, 0.1) is 5.92 Å². The van der Waals surface area contributed by atoms with E-state index in [-0.39, 0.29) is 42.7 Å². The van der Waals surface area contributed by atoms with Crippen molar-refractivity contribution in [1.29, 1.82) is 0 Å². The van der Waals surface area contributed by atoms with Gasteiger partial charge < -0.3 is 9.80 Å². The van der Waals surface area contributed by atoms with Crippen molar-refractivity contribution in [3.05, 3.63) is 89.7 Å². The quantitative estimate of drug-likeness (QED) is 0.491. The molecule has 0 N–H and O–H groups in total. The van der Waals surface area contributed by atoms with Crippen LogP contribution in [0.25, 0.3) is 0 Å². The molecule has 2 atom stereocenters. The van der Waals surface area contributed by atoms with Crippen LogP contribution in [0.3, 0.4) is 0 Å². The van der Waals surface area contributed by atoms with Crippen LogP contribution in [0.1, 0.15) is 45.7 Å². The molecule has 2 aromatic carbocycles. The number of halogens is 1. The number of anilines is 2. The van der Waals surface area contributed by atoms with E-state index in [0.29, 0.717) is 41.9 Å². The van der Waals surface area contributed by atoms with Crippen molar-refractivity contribution in [2.75, 3.05) is 16.3 Å². The topological polar surface area (TPSA) is 90.9 Å². The summed E-state index contributed by atoms with van der Waals surface area (Å²) in [6.07, 6.45) is 3.86. The molecule has 3 aliphatic rings. The smallest absolute Gasteiger partial charge is 0.262 e. The highest BCUT2D eigenvalue weighted by Crippen LogP contribution is 2.43. The second-order valence-electron chi connectivity index (χ2n) is 9.34. The maximum Gasteiger partial charge on any atom is 0.262 e. The molecule has 3 aromatic rings. The second kappa shape index (κ2) is 9.78. The van der Waals surface area contributed by atoms with Crippen LogP contribution < -0.4 is 9.80 Å². The normalized spacial score (nSPS) is 20.2. The molecule has 3 heterocycles. The van der Waals surface area contributed by atoms with Crippen LogP contribution in [0.5, 0.6) is 0 Å². The third-order valence-electron chi connectivity index (χ3n) is 7.31. The average molecular weight is 517 g/mol. The van der Waals surface area contributed by atoms with E-state index in [9.17, 15) is 19.2 Å². The van der Waals surface area contributed by atoms with Crippen molar-refractivity contribution >= 4 is 47.4 Å². The first-order valence-electron chi connectivity index (χ1n) is 12.1. The maximum atomic E-state index is 13.9. The molecule has 1 fully saturated rings. The molecule has 8 nitrogen and oxygen atoms in total. The minimum atomic E-state index is -0.470. The number of pyridine rings is 1. The highest BCUT2D eigenvalue weighted by Gasteiger charge is 2.47. The molecule has 2 aliphatic heterocycles.